The van der Waals surface area contributed by atoms with E-state index in [1.165, 1.54) is 12.1 Å². The summed E-state index contributed by atoms with van der Waals surface area (Å²) in [7, 11) is 0. The number of benzene rings is 2. The molecular formula is C18H21ClF3N. The van der Waals surface area contributed by atoms with Crippen LogP contribution in [0.5, 0.6) is 0 Å². The molecule has 0 saturated carbocycles. The molecule has 2 aromatic carbocycles. The van der Waals surface area contributed by atoms with Crippen molar-refractivity contribution < 1.29 is 13.2 Å². The lowest BCUT2D eigenvalue weighted by atomic mass is 10.0. The van der Waals surface area contributed by atoms with Crippen molar-refractivity contribution in [3.05, 3.63) is 71.3 Å². The van der Waals surface area contributed by atoms with Crippen molar-refractivity contribution in [3.63, 3.8) is 0 Å². The molecule has 1 N–H and O–H groups in total. The molecule has 5 heteroatoms. The van der Waals surface area contributed by atoms with E-state index in [1.54, 1.807) is 6.07 Å². The highest BCUT2D eigenvalue weighted by Crippen LogP contribution is 2.32. The van der Waals surface area contributed by atoms with Crippen molar-refractivity contribution in [1.29, 1.82) is 0 Å². The smallest absolute Gasteiger partial charge is 0.306 e. The molecule has 0 saturated heterocycles. The molecule has 126 valence electrons. The Bertz CT molecular complexity index is 584. The fourth-order valence-electron chi connectivity index (χ4n) is 2.54. The Labute approximate surface area is 141 Å². The number of alkyl halides is 3. The molecule has 2 rings (SSSR count). The molecule has 1 nitrogen and oxygen atoms in total. The predicted octanol–water partition coefficient (Wildman–Crippen LogP) is 5.76. The molecule has 0 fully saturated rings. The summed E-state index contributed by atoms with van der Waals surface area (Å²) < 4.78 is 39.0. The lowest BCUT2D eigenvalue weighted by Gasteiger charge is -2.20. The van der Waals surface area contributed by atoms with Gasteiger partial charge in [0.05, 0.1) is 5.56 Å². The lowest BCUT2D eigenvalue weighted by molar-refractivity contribution is -0.138. The molecule has 0 aliphatic heterocycles. The Kier molecular flexibility index (Phi) is 7.59. The Balaban J connectivity index is 0.00000264. The van der Waals surface area contributed by atoms with Crippen molar-refractivity contribution in [3.8, 4) is 0 Å². The third-order valence-corrected chi connectivity index (χ3v) is 3.64. The average molecular weight is 344 g/mol. The van der Waals surface area contributed by atoms with Gasteiger partial charge in [0.2, 0.25) is 0 Å². The molecule has 23 heavy (non-hydrogen) atoms. The molecule has 0 spiro atoms. The Morgan fingerprint density at radius 2 is 1.57 bits per heavy atom. The SMILES string of the molecule is CCCC(NCc1ccccc1C(F)(F)F)c1ccccc1.Cl. The van der Waals surface area contributed by atoms with Crippen LogP contribution in [-0.4, -0.2) is 0 Å². The number of hydrogen-bond donors (Lipinski definition) is 1. The van der Waals surface area contributed by atoms with Crippen LogP contribution >= 0.6 is 12.4 Å². The average Bonchev–Trinajstić information content (AvgIpc) is 2.51. The second-order valence-electron chi connectivity index (χ2n) is 5.29. The largest absolute Gasteiger partial charge is 0.416 e. The maximum Gasteiger partial charge on any atom is 0.416 e. The van der Waals surface area contributed by atoms with Gasteiger partial charge in [0.15, 0.2) is 0 Å². The van der Waals surface area contributed by atoms with Crippen LogP contribution in [0.25, 0.3) is 0 Å². The molecule has 0 heterocycles. The summed E-state index contributed by atoms with van der Waals surface area (Å²) in [6.07, 6.45) is -2.46. The first kappa shape index (κ1) is 19.5. The normalized spacial score (nSPS) is 12.5. The van der Waals surface area contributed by atoms with Gasteiger partial charge in [-0.05, 0) is 23.6 Å². The van der Waals surface area contributed by atoms with Gasteiger partial charge in [-0.3, -0.25) is 0 Å². The molecular weight excluding hydrogens is 323 g/mol. The van der Waals surface area contributed by atoms with Gasteiger partial charge in [-0.1, -0.05) is 61.9 Å². The van der Waals surface area contributed by atoms with E-state index in [-0.39, 0.29) is 30.6 Å². The first-order chi connectivity index (χ1) is 10.5. The maximum atomic E-state index is 13.0. The minimum Gasteiger partial charge on any atom is -0.306 e. The zero-order valence-corrected chi connectivity index (χ0v) is 13.8. The number of halogens is 4. The first-order valence-corrected chi connectivity index (χ1v) is 7.45. The fraction of sp³-hybridized carbons (Fsp3) is 0.333. The summed E-state index contributed by atoms with van der Waals surface area (Å²) in [4.78, 5) is 0. The van der Waals surface area contributed by atoms with Crippen molar-refractivity contribution in [2.24, 2.45) is 0 Å². The minimum absolute atomic E-state index is 0. The molecule has 0 aliphatic carbocycles. The van der Waals surface area contributed by atoms with E-state index in [4.69, 9.17) is 0 Å². The van der Waals surface area contributed by atoms with Crippen molar-refractivity contribution in [2.75, 3.05) is 0 Å². The molecule has 1 unspecified atom stereocenters. The highest BCUT2D eigenvalue weighted by atomic mass is 35.5. The number of rotatable bonds is 6. The van der Waals surface area contributed by atoms with E-state index in [9.17, 15) is 13.2 Å². The molecule has 1 atom stereocenters. The zero-order chi connectivity index (χ0) is 16.0. The van der Waals surface area contributed by atoms with Crippen LogP contribution in [0, 0.1) is 0 Å². The maximum absolute atomic E-state index is 13.0. The fourth-order valence-corrected chi connectivity index (χ4v) is 2.54. The van der Waals surface area contributed by atoms with Gasteiger partial charge in [-0.25, -0.2) is 0 Å². The predicted molar refractivity (Wildman–Crippen MR) is 89.6 cm³/mol. The van der Waals surface area contributed by atoms with Crippen LogP contribution in [-0.2, 0) is 12.7 Å². The quantitative estimate of drug-likeness (QED) is 0.703. The van der Waals surface area contributed by atoms with E-state index < -0.39 is 11.7 Å². The summed E-state index contributed by atoms with van der Waals surface area (Å²) in [6.45, 7) is 2.27. The summed E-state index contributed by atoms with van der Waals surface area (Å²) >= 11 is 0. The third kappa shape index (κ3) is 5.56. The molecule has 0 aromatic heterocycles. The van der Waals surface area contributed by atoms with Gasteiger partial charge in [-0.2, -0.15) is 13.2 Å². The van der Waals surface area contributed by atoms with Crippen molar-refractivity contribution >= 4 is 12.4 Å². The highest BCUT2D eigenvalue weighted by Gasteiger charge is 2.32. The van der Waals surface area contributed by atoms with Gasteiger partial charge in [0.25, 0.3) is 0 Å². The standard InChI is InChI=1S/C18H20F3N.ClH/c1-2-8-17(14-9-4-3-5-10-14)22-13-15-11-6-7-12-16(15)18(19,20)21;/h3-7,9-12,17,22H,2,8,13H2,1H3;1H. The lowest BCUT2D eigenvalue weighted by Crippen LogP contribution is -2.22. The molecule has 0 aliphatic rings. The molecule has 0 amide bonds. The van der Waals surface area contributed by atoms with Gasteiger partial charge in [-0.15, -0.1) is 12.4 Å². The summed E-state index contributed by atoms with van der Waals surface area (Å²) in [5.74, 6) is 0. The molecule has 2 aromatic rings. The van der Waals surface area contributed by atoms with Gasteiger partial charge in [0, 0.05) is 12.6 Å². The first-order valence-electron chi connectivity index (χ1n) is 7.45. The van der Waals surface area contributed by atoms with Crippen LogP contribution in [0.1, 0.15) is 42.5 Å². The number of nitrogens with one attached hydrogen (secondary N) is 1. The number of hydrogen-bond acceptors (Lipinski definition) is 1. The van der Waals surface area contributed by atoms with E-state index in [1.807, 2.05) is 30.3 Å². The second kappa shape index (κ2) is 8.94. The highest BCUT2D eigenvalue weighted by molar-refractivity contribution is 5.85. The topological polar surface area (TPSA) is 12.0 Å². The molecule has 0 bridgehead atoms. The van der Waals surface area contributed by atoms with Crippen LogP contribution in [0.2, 0.25) is 0 Å². The Hall–Kier alpha value is -1.52. The van der Waals surface area contributed by atoms with Crippen molar-refractivity contribution in [1.82, 2.24) is 5.32 Å². The van der Waals surface area contributed by atoms with E-state index in [0.717, 1.165) is 24.5 Å². The minimum atomic E-state index is -4.31. The van der Waals surface area contributed by atoms with Gasteiger partial charge in [0.1, 0.15) is 0 Å². The summed E-state index contributed by atoms with van der Waals surface area (Å²) in [5, 5.41) is 3.27. The van der Waals surface area contributed by atoms with E-state index in [0.29, 0.717) is 0 Å². The van der Waals surface area contributed by atoms with Gasteiger partial charge < -0.3 is 5.32 Å². The monoisotopic (exact) mass is 343 g/mol. The van der Waals surface area contributed by atoms with Crippen LogP contribution in [0.3, 0.4) is 0 Å². The van der Waals surface area contributed by atoms with Crippen LogP contribution in [0.15, 0.2) is 54.6 Å². The summed E-state index contributed by atoms with van der Waals surface area (Å²) in [5.41, 5.74) is 0.826. The van der Waals surface area contributed by atoms with E-state index in [2.05, 4.69) is 12.2 Å². The Morgan fingerprint density at radius 3 is 2.17 bits per heavy atom. The summed E-state index contributed by atoms with van der Waals surface area (Å²) in [6, 6.07) is 15.6. The second-order valence-corrected chi connectivity index (χ2v) is 5.29. The van der Waals surface area contributed by atoms with E-state index >= 15 is 0 Å². The molecule has 0 radical (unpaired) electrons. The zero-order valence-electron chi connectivity index (χ0n) is 12.9. The van der Waals surface area contributed by atoms with Crippen molar-refractivity contribution in [2.45, 2.75) is 38.5 Å². The van der Waals surface area contributed by atoms with Gasteiger partial charge >= 0.3 is 6.18 Å². The van der Waals surface area contributed by atoms with Crippen LogP contribution in [0.4, 0.5) is 13.2 Å². The van der Waals surface area contributed by atoms with Crippen LogP contribution < -0.4 is 5.32 Å². The third-order valence-electron chi connectivity index (χ3n) is 3.64. The Morgan fingerprint density at radius 1 is 0.957 bits per heavy atom.